The molecule has 2 aliphatic heterocycles. The fraction of sp³-hybridized carbons (Fsp3) is 0.400. The molecule has 32 heavy (non-hydrogen) atoms. The van der Waals surface area contributed by atoms with Crippen LogP contribution in [0.1, 0.15) is 45.6 Å². The van der Waals surface area contributed by atoms with Gasteiger partial charge in [-0.1, -0.05) is 32.9 Å². The summed E-state index contributed by atoms with van der Waals surface area (Å²) in [5.74, 6) is 0.975. The number of nitrogens with one attached hydrogen (secondary N) is 1. The molecule has 1 aromatic heterocycles. The molecule has 3 aliphatic rings. The minimum absolute atomic E-state index is 0.0760. The smallest absolute Gasteiger partial charge is 0.164 e. The quantitative estimate of drug-likeness (QED) is 0.755. The van der Waals surface area contributed by atoms with Gasteiger partial charge in [0.1, 0.15) is 0 Å². The molecule has 0 amide bonds. The van der Waals surface area contributed by atoms with Crippen molar-refractivity contribution in [3.63, 3.8) is 0 Å². The molecular formula is C25H28N6O. The number of hydrogen-bond acceptors (Lipinski definition) is 7. The van der Waals surface area contributed by atoms with E-state index in [0.717, 1.165) is 46.8 Å². The van der Waals surface area contributed by atoms with Gasteiger partial charge in [-0.25, -0.2) is 4.98 Å². The highest BCUT2D eigenvalue weighted by molar-refractivity contribution is 6.01. The van der Waals surface area contributed by atoms with Gasteiger partial charge in [-0.15, -0.1) is 0 Å². The van der Waals surface area contributed by atoms with E-state index >= 15 is 0 Å². The molecule has 1 aliphatic carbocycles. The number of benzene rings is 1. The molecule has 0 saturated heterocycles. The Balaban J connectivity index is 1.68. The van der Waals surface area contributed by atoms with E-state index in [-0.39, 0.29) is 17.4 Å². The molecule has 2 aromatic rings. The number of carbonyl (C=O) groups excluding carboxylic acids is 1. The second kappa shape index (κ2) is 7.36. The number of carbonyl (C=O) groups is 1. The zero-order chi connectivity index (χ0) is 22.5. The van der Waals surface area contributed by atoms with Crippen molar-refractivity contribution in [1.29, 1.82) is 0 Å². The zero-order valence-electron chi connectivity index (χ0n) is 19.0. The minimum Gasteiger partial charge on any atom is -0.362 e. The molecule has 2 atom stereocenters. The topological polar surface area (TPSA) is 82.8 Å². The number of ketones is 1. The van der Waals surface area contributed by atoms with Crippen molar-refractivity contribution < 1.29 is 4.79 Å². The molecule has 164 valence electrons. The lowest BCUT2D eigenvalue weighted by Gasteiger charge is -2.48. The van der Waals surface area contributed by atoms with Crippen molar-refractivity contribution in [2.24, 2.45) is 15.6 Å². The summed E-state index contributed by atoms with van der Waals surface area (Å²) in [6.45, 7) is 6.46. The van der Waals surface area contributed by atoms with Gasteiger partial charge in [0.25, 0.3) is 0 Å². The second-order valence-electron chi connectivity index (χ2n) is 9.59. The normalized spacial score (nSPS) is 25.7. The number of Topliss-reactive ketones (excluding diaryl/α,β-unsaturated/α-hetero) is 1. The number of nitrogens with zero attached hydrogens (tertiary/aromatic N) is 5. The maximum absolute atomic E-state index is 13.6. The summed E-state index contributed by atoms with van der Waals surface area (Å²) in [4.78, 5) is 24.2. The summed E-state index contributed by atoms with van der Waals surface area (Å²) in [6, 6.07) is 8.39. The molecule has 3 heterocycles. The molecule has 7 heteroatoms. The maximum atomic E-state index is 13.6. The first-order valence-corrected chi connectivity index (χ1v) is 11.1. The number of fused-ring (bicyclic) bond motifs is 1. The van der Waals surface area contributed by atoms with E-state index in [0.29, 0.717) is 6.42 Å². The molecule has 1 N–H and O–H groups in total. The highest BCUT2D eigenvalue weighted by atomic mass is 16.1. The van der Waals surface area contributed by atoms with Gasteiger partial charge >= 0.3 is 0 Å². The Labute approximate surface area is 188 Å². The van der Waals surface area contributed by atoms with Gasteiger partial charge < -0.3 is 10.2 Å². The van der Waals surface area contributed by atoms with E-state index < -0.39 is 5.41 Å². The van der Waals surface area contributed by atoms with E-state index in [1.807, 2.05) is 24.2 Å². The molecule has 1 unspecified atom stereocenters. The number of rotatable bonds is 4. The van der Waals surface area contributed by atoms with Crippen LogP contribution in [0.4, 0.5) is 11.5 Å². The highest BCUT2D eigenvalue weighted by Crippen LogP contribution is 2.54. The van der Waals surface area contributed by atoms with Crippen molar-refractivity contribution in [3.05, 3.63) is 71.5 Å². The SMILES string of the molecule is CC[C@@]1(c2cccc(N(C)c3cnccn3)c2)C2=CN=NC2NC2=C1C(=O)CC(C)(C)C2. The largest absolute Gasteiger partial charge is 0.362 e. The number of anilines is 2. The lowest BCUT2D eigenvalue weighted by atomic mass is 9.59. The third kappa shape index (κ3) is 3.06. The van der Waals surface area contributed by atoms with Crippen LogP contribution in [0.3, 0.4) is 0 Å². The fourth-order valence-corrected chi connectivity index (χ4v) is 5.47. The highest BCUT2D eigenvalue weighted by Gasteiger charge is 2.53. The van der Waals surface area contributed by atoms with Crippen molar-refractivity contribution in [2.75, 3.05) is 11.9 Å². The van der Waals surface area contributed by atoms with Crippen molar-refractivity contribution >= 4 is 17.3 Å². The predicted molar refractivity (Wildman–Crippen MR) is 123 cm³/mol. The van der Waals surface area contributed by atoms with Gasteiger partial charge in [0, 0.05) is 48.4 Å². The first-order valence-electron chi connectivity index (χ1n) is 11.1. The van der Waals surface area contributed by atoms with Crippen LogP contribution < -0.4 is 10.2 Å². The average Bonchev–Trinajstić information content (AvgIpc) is 3.25. The van der Waals surface area contributed by atoms with Crippen LogP contribution in [-0.4, -0.2) is 29.0 Å². The number of allylic oxidation sites excluding steroid dienone is 2. The van der Waals surface area contributed by atoms with Gasteiger partial charge in [0.2, 0.25) is 0 Å². The number of hydrogen-bond donors (Lipinski definition) is 1. The van der Waals surface area contributed by atoms with Gasteiger partial charge in [0.15, 0.2) is 17.8 Å². The zero-order valence-corrected chi connectivity index (χ0v) is 19.0. The lowest BCUT2D eigenvalue weighted by molar-refractivity contribution is -0.119. The van der Waals surface area contributed by atoms with Gasteiger partial charge in [-0.05, 0) is 36.0 Å². The first kappa shape index (κ1) is 20.5. The molecule has 0 saturated carbocycles. The summed E-state index contributed by atoms with van der Waals surface area (Å²) < 4.78 is 0. The molecule has 7 nitrogen and oxygen atoms in total. The minimum atomic E-state index is -0.554. The Bertz CT molecular complexity index is 1170. The van der Waals surface area contributed by atoms with Gasteiger partial charge in [0.05, 0.1) is 17.8 Å². The summed E-state index contributed by atoms with van der Waals surface area (Å²) in [5, 5.41) is 12.2. The first-order chi connectivity index (χ1) is 15.4. The fourth-order valence-electron chi connectivity index (χ4n) is 5.47. The maximum Gasteiger partial charge on any atom is 0.164 e. The number of aromatic nitrogens is 2. The third-order valence-corrected chi connectivity index (χ3v) is 6.93. The van der Waals surface area contributed by atoms with Crippen LogP contribution >= 0.6 is 0 Å². The summed E-state index contributed by atoms with van der Waals surface area (Å²) in [7, 11) is 1.98. The van der Waals surface area contributed by atoms with Crippen molar-refractivity contribution in [3.8, 4) is 0 Å². The Hall–Kier alpha value is -3.35. The van der Waals surface area contributed by atoms with E-state index in [2.05, 4.69) is 64.5 Å². The van der Waals surface area contributed by atoms with Crippen LogP contribution in [0.2, 0.25) is 0 Å². The van der Waals surface area contributed by atoms with E-state index in [4.69, 9.17) is 0 Å². The van der Waals surface area contributed by atoms with Crippen LogP contribution in [0.5, 0.6) is 0 Å². The van der Waals surface area contributed by atoms with Gasteiger partial charge in [-0.3, -0.25) is 9.78 Å². The van der Waals surface area contributed by atoms with Crippen molar-refractivity contribution in [1.82, 2.24) is 15.3 Å². The van der Waals surface area contributed by atoms with Crippen LogP contribution in [0.25, 0.3) is 0 Å². The van der Waals surface area contributed by atoms with Crippen molar-refractivity contribution in [2.45, 2.75) is 51.6 Å². The van der Waals surface area contributed by atoms with E-state index in [1.54, 1.807) is 18.6 Å². The van der Waals surface area contributed by atoms with Gasteiger partial charge in [-0.2, -0.15) is 10.2 Å². The van der Waals surface area contributed by atoms with E-state index in [1.165, 1.54) is 0 Å². The standard InChI is InChI=1S/C25H28N6O/c1-5-25(16-7-6-8-17(11-16)31(4)21-15-26-9-10-27-21)18-14-28-30-23(18)29-19-12-24(2,3)13-20(32)22(19)25/h6-11,14-15,23,29H,5,12-13H2,1-4H3/t23?,25-/m1/s1. The van der Waals surface area contributed by atoms with E-state index in [9.17, 15) is 4.79 Å². The summed E-state index contributed by atoms with van der Waals surface area (Å²) in [6.07, 6.45) is 8.84. The Kier molecular flexibility index (Phi) is 4.73. The lowest BCUT2D eigenvalue weighted by Crippen LogP contribution is -2.51. The predicted octanol–water partition coefficient (Wildman–Crippen LogP) is 4.81. The Morgan fingerprint density at radius 1 is 1.22 bits per heavy atom. The van der Waals surface area contributed by atoms with Crippen LogP contribution in [0.15, 0.2) is 76.1 Å². The number of azo groups is 1. The Morgan fingerprint density at radius 2 is 2.06 bits per heavy atom. The molecular weight excluding hydrogens is 400 g/mol. The van der Waals surface area contributed by atoms with Crippen LogP contribution in [-0.2, 0) is 10.2 Å². The Morgan fingerprint density at radius 3 is 2.81 bits per heavy atom. The summed E-state index contributed by atoms with van der Waals surface area (Å²) in [5.41, 5.74) is 4.39. The molecule has 0 radical (unpaired) electrons. The summed E-state index contributed by atoms with van der Waals surface area (Å²) >= 11 is 0. The molecule has 0 fully saturated rings. The molecule has 5 rings (SSSR count). The second-order valence-corrected chi connectivity index (χ2v) is 9.59. The molecule has 0 spiro atoms. The van der Waals surface area contributed by atoms with Crippen LogP contribution in [0, 0.1) is 5.41 Å². The average molecular weight is 429 g/mol. The molecule has 1 aromatic carbocycles. The molecule has 0 bridgehead atoms. The third-order valence-electron chi connectivity index (χ3n) is 6.93. The monoisotopic (exact) mass is 428 g/mol.